The van der Waals surface area contributed by atoms with Crippen LogP contribution in [0.3, 0.4) is 0 Å². The minimum atomic E-state index is -3.06. The molecule has 0 atom stereocenters. The SMILES string of the molecule is CCS(=O)(=O)NCCNCc1ccc(Br)s1. The molecular weight excluding hydrogens is 312 g/mol. The smallest absolute Gasteiger partial charge is 0.211 e. The summed E-state index contributed by atoms with van der Waals surface area (Å²) in [7, 11) is -3.06. The maximum Gasteiger partial charge on any atom is 0.211 e. The summed E-state index contributed by atoms with van der Waals surface area (Å²) < 4.78 is 25.8. The molecule has 92 valence electrons. The van der Waals surface area contributed by atoms with E-state index in [9.17, 15) is 8.42 Å². The van der Waals surface area contributed by atoms with Gasteiger partial charge in [0.25, 0.3) is 0 Å². The second kappa shape index (κ2) is 6.70. The zero-order valence-electron chi connectivity index (χ0n) is 8.99. The molecule has 7 heteroatoms. The first-order valence-corrected chi connectivity index (χ1v) is 8.22. The number of thiophene rings is 1. The zero-order chi connectivity index (χ0) is 12.0. The van der Waals surface area contributed by atoms with Crippen molar-refractivity contribution in [2.24, 2.45) is 0 Å². The molecule has 1 aromatic heterocycles. The molecule has 1 aromatic rings. The molecule has 0 aliphatic heterocycles. The highest BCUT2D eigenvalue weighted by Crippen LogP contribution is 2.21. The Bertz CT molecular complexity index is 417. The summed E-state index contributed by atoms with van der Waals surface area (Å²) in [6, 6.07) is 4.04. The molecule has 0 bridgehead atoms. The topological polar surface area (TPSA) is 58.2 Å². The van der Waals surface area contributed by atoms with Crippen LogP contribution >= 0.6 is 27.3 Å². The van der Waals surface area contributed by atoms with Crippen LogP contribution < -0.4 is 10.0 Å². The van der Waals surface area contributed by atoms with Gasteiger partial charge in [0.15, 0.2) is 0 Å². The first kappa shape index (κ1) is 14.1. The Morgan fingerprint density at radius 2 is 2.12 bits per heavy atom. The van der Waals surface area contributed by atoms with Crippen LogP contribution in [0.4, 0.5) is 0 Å². The number of nitrogens with one attached hydrogen (secondary N) is 2. The van der Waals surface area contributed by atoms with Crippen molar-refractivity contribution >= 4 is 37.3 Å². The average Bonchev–Trinajstić information content (AvgIpc) is 2.64. The Hall–Kier alpha value is 0.0500. The van der Waals surface area contributed by atoms with E-state index in [0.717, 1.165) is 10.3 Å². The predicted molar refractivity (Wildman–Crippen MR) is 71.2 cm³/mol. The number of hydrogen-bond acceptors (Lipinski definition) is 4. The van der Waals surface area contributed by atoms with Crippen molar-refractivity contribution in [3.8, 4) is 0 Å². The van der Waals surface area contributed by atoms with Crippen LogP contribution in [-0.4, -0.2) is 27.3 Å². The Labute approximate surface area is 109 Å². The van der Waals surface area contributed by atoms with Gasteiger partial charge in [0.2, 0.25) is 10.0 Å². The molecule has 0 amide bonds. The van der Waals surface area contributed by atoms with Gasteiger partial charge in [-0.1, -0.05) is 0 Å². The summed E-state index contributed by atoms with van der Waals surface area (Å²) >= 11 is 5.06. The van der Waals surface area contributed by atoms with Crippen LogP contribution in [-0.2, 0) is 16.6 Å². The fourth-order valence-electron chi connectivity index (χ4n) is 1.06. The molecular formula is C9H15BrN2O2S2. The van der Waals surface area contributed by atoms with E-state index in [1.165, 1.54) is 4.88 Å². The van der Waals surface area contributed by atoms with Crippen LogP contribution in [0.1, 0.15) is 11.8 Å². The normalized spacial score (nSPS) is 11.9. The van der Waals surface area contributed by atoms with Gasteiger partial charge >= 0.3 is 0 Å². The van der Waals surface area contributed by atoms with E-state index in [1.807, 2.05) is 12.1 Å². The van der Waals surface area contributed by atoms with Crippen molar-refractivity contribution < 1.29 is 8.42 Å². The lowest BCUT2D eigenvalue weighted by atomic mass is 10.4. The summed E-state index contributed by atoms with van der Waals surface area (Å²) in [5.74, 6) is 0.130. The molecule has 0 unspecified atom stereocenters. The van der Waals surface area contributed by atoms with E-state index in [4.69, 9.17) is 0 Å². The van der Waals surface area contributed by atoms with E-state index in [0.29, 0.717) is 13.1 Å². The fraction of sp³-hybridized carbons (Fsp3) is 0.556. The maximum atomic E-state index is 11.1. The Kier molecular flexibility index (Phi) is 5.91. The van der Waals surface area contributed by atoms with Crippen LogP contribution in [0, 0.1) is 0 Å². The fourth-order valence-corrected chi connectivity index (χ4v) is 3.13. The third-order valence-electron chi connectivity index (χ3n) is 1.93. The molecule has 0 spiro atoms. The molecule has 0 saturated carbocycles. The quantitative estimate of drug-likeness (QED) is 0.747. The lowest BCUT2D eigenvalue weighted by Gasteiger charge is -2.05. The largest absolute Gasteiger partial charge is 0.311 e. The van der Waals surface area contributed by atoms with Crippen LogP contribution in [0.2, 0.25) is 0 Å². The molecule has 0 aliphatic rings. The van der Waals surface area contributed by atoms with Crippen LogP contribution in [0.25, 0.3) is 0 Å². The highest BCUT2D eigenvalue weighted by Gasteiger charge is 2.04. The lowest BCUT2D eigenvalue weighted by Crippen LogP contribution is -2.32. The molecule has 4 nitrogen and oxygen atoms in total. The molecule has 1 rings (SSSR count). The zero-order valence-corrected chi connectivity index (χ0v) is 12.2. The van der Waals surface area contributed by atoms with Gasteiger partial charge < -0.3 is 5.32 Å². The molecule has 0 aliphatic carbocycles. The summed E-state index contributed by atoms with van der Waals surface area (Å²) in [4.78, 5) is 1.23. The second-order valence-electron chi connectivity index (χ2n) is 3.18. The van der Waals surface area contributed by atoms with E-state index < -0.39 is 10.0 Å². The molecule has 16 heavy (non-hydrogen) atoms. The second-order valence-corrected chi connectivity index (χ2v) is 7.82. The standard InChI is InChI=1S/C9H15BrN2O2S2/c1-2-16(13,14)12-6-5-11-7-8-3-4-9(10)15-8/h3-4,11-12H,2,5-7H2,1H3. The van der Waals surface area contributed by atoms with Crippen LogP contribution in [0.5, 0.6) is 0 Å². The number of halogens is 1. The highest BCUT2D eigenvalue weighted by atomic mass is 79.9. The van der Waals surface area contributed by atoms with E-state index in [-0.39, 0.29) is 5.75 Å². The first-order valence-electron chi connectivity index (χ1n) is 4.96. The summed E-state index contributed by atoms with van der Waals surface area (Å²) in [6.07, 6.45) is 0. The summed E-state index contributed by atoms with van der Waals surface area (Å²) in [5, 5.41) is 3.17. The van der Waals surface area contributed by atoms with Gasteiger partial charge in [-0.3, -0.25) is 0 Å². The predicted octanol–water partition coefficient (Wildman–Crippen LogP) is 1.54. The molecule has 0 radical (unpaired) electrons. The average molecular weight is 327 g/mol. The van der Waals surface area contributed by atoms with E-state index in [1.54, 1.807) is 18.3 Å². The monoisotopic (exact) mass is 326 g/mol. The lowest BCUT2D eigenvalue weighted by molar-refractivity contribution is 0.577. The van der Waals surface area contributed by atoms with Gasteiger partial charge in [0.1, 0.15) is 0 Å². The van der Waals surface area contributed by atoms with Gasteiger partial charge in [0, 0.05) is 24.5 Å². The van der Waals surface area contributed by atoms with Gasteiger partial charge in [0.05, 0.1) is 9.54 Å². The van der Waals surface area contributed by atoms with Gasteiger partial charge in [-0.2, -0.15) is 0 Å². The molecule has 0 aromatic carbocycles. The minimum absolute atomic E-state index is 0.130. The van der Waals surface area contributed by atoms with Gasteiger partial charge in [-0.15, -0.1) is 11.3 Å². The highest BCUT2D eigenvalue weighted by molar-refractivity contribution is 9.11. The number of rotatable bonds is 7. The third-order valence-corrected chi connectivity index (χ3v) is 4.96. The van der Waals surface area contributed by atoms with Gasteiger partial charge in [-0.05, 0) is 35.0 Å². The molecule has 2 N–H and O–H groups in total. The Morgan fingerprint density at radius 3 is 2.69 bits per heavy atom. The number of hydrogen-bond donors (Lipinski definition) is 2. The van der Waals surface area contributed by atoms with Crippen molar-refractivity contribution in [2.45, 2.75) is 13.5 Å². The summed E-state index contributed by atoms with van der Waals surface area (Å²) in [5.41, 5.74) is 0. The van der Waals surface area contributed by atoms with Crippen molar-refractivity contribution in [1.82, 2.24) is 10.0 Å². The summed E-state index contributed by atoms with van der Waals surface area (Å²) in [6.45, 7) is 3.46. The number of sulfonamides is 1. The molecule has 0 saturated heterocycles. The molecule has 1 heterocycles. The third kappa shape index (κ3) is 5.40. The van der Waals surface area contributed by atoms with Gasteiger partial charge in [-0.25, -0.2) is 13.1 Å². The van der Waals surface area contributed by atoms with Crippen molar-refractivity contribution in [3.05, 3.63) is 20.8 Å². The first-order chi connectivity index (χ1) is 7.53. The molecule has 0 fully saturated rings. The van der Waals surface area contributed by atoms with Crippen molar-refractivity contribution in [1.29, 1.82) is 0 Å². The van der Waals surface area contributed by atoms with Crippen molar-refractivity contribution in [2.75, 3.05) is 18.8 Å². The van der Waals surface area contributed by atoms with Crippen LogP contribution in [0.15, 0.2) is 15.9 Å². The Morgan fingerprint density at radius 1 is 1.38 bits per heavy atom. The van der Waals surface area contributed by atoms with E-state index >= 15 is 0 Å². The van der Waals surface area contributed by atoms with Crippen molar-refractivity contribution in [3.63, 3.8) is 0 Å². The Balaban J connectivity index is 2.13. The maximum absolute atomic E-state index is 11.1. The van der Waals surface area contributed by atoms with E-state index in [2.05, 4.69) is 26.0 Å². The minimum Gasteiger partial charge on any atom is -0.311 e.